The predicted molar refractivity (Wildman–Crippen MR) is 97.5 cm³/mol. The van der Waals surface area contributed by atoms with E-state index < -0.39 is 0 Å². The van der Waals surface area contributed by atoms with Crippen LogP contribution in [0, 0.1) is 6.92 Å². The van der Waals surface area contributed by atoms with Gasteiger partial charge in [0.2, 0.25) is 5.91 Å². The highest BCUT2D eigenvalue weighted by molar-refractivity contribution is 9.10. The molecule has 4 heteroatoms. The van der Waals surface area contributed by atoms with Crippen molar-refractivity contribution in [1.29, 1.82) is 0 Å². The fraction of sp³-hybridized carbons (Fsp3) is 0.316. The van der Waals surface area contributed by atoms with E-state index in [1.54, 1.807) is 0 Å². The summed E-state index contributed by atoms with van der Waals surface area (Å²) in [5.74, 6) is -0.00220. The molecule has 1 fully saturated rings. The number of halogens is 1. The van der Waals surface area contributed by atoms with Gasteiger partial charge in [-0.05, 0) is 55.5 Å². The van der Waals surface area contributed by atoms with Crippen molar-refractivity contribution in [2.45, 2.75) is 31.7 Å². The molecule has 2 aromatic carbocycles. The Hall–Kier alpha value is -1.65. The van der Waals surface area contributed by atoms with Gasteiger partial charge in [-0.2, -0.15) is 0 Å². The minimum Gasteiger partial charge on any atom is -0.325 e. The Balaban J connectivity index is 1.62. The van der Waals surface area contributed by atoms with Crippen LogP contribution in [-0.2, 0) is 10.3 Å². The molecule has 0 radical (unpaired) electrons. The maximum absolute atomic E-state index is 12.3. The minimum atomic E-state index is -0.0344. The standard InChI is InChI=1S/C19H21BrN2O/c1-14-12-16(20)8-9-17(14)22-18(23)13-21-19(10-5-11-19)15-6-3-2-4-7-15/h2-4,6-9,12,21H,5,10-11,13H2,1H3,(H,22,23). The number of hydrogen-bond acceptors (Lipinski definition) is 2. The summed E-state index contributed by atoms with van der Waals surface area (Å²) in [6, 6.07) is 16.3. The molecule has 0 bridgehead atoms. The summed E-state index contributed by atoms with van der Waals surface area (Å²) in [7, 11) is 0. The minimum absolute atomic E-state index is 0.00220. The van der Waals surface area contributed by atoms with Crippen LogP contribution in [0.5, 0.6) is 0 Å². The Labute approximate surface area is 145 Å². The zero-order chi connectivity index (χ0) is 16.3. The van der Waals surface area contributed by atoms with Crippen LogP contribution < -0.4 is 10.6 Å². The lowest BCUT2D eigenvalue weighted by Gasteiger charge is -2.43. The maximum Gasteiger partial charge on any atom is 0.238 e. The molecule has 23 heavy (non-hydrogen) atoms. The average Bonchev–Trinajstić information content (AvgIpc) is 2.50. The van der Waals surface area contributed by atoms with E-state index in [1.165, 1.54) is 12.0 Å². The van der Waals surface area contributed by atoms with Crippen LogP contribution in [0.2, 0.25) is 0 Å². The molecule has 2 aromatic rings. The van der Waals surface area contributed by atoms with E-state index in [1.807, 2.05) is 31.2 Å². The molecule has 3 nitrogen and oxygen atoms in total. The van der Waals surface area contributed by atoms with Crippen molar-refractivity contribution in [3.63, 3.8) is 0 Å². The lowest BCUT2D eigenvalue weighted by atomic mass is 9.72. The summed E-state index contributed by atoms with van der Waals surface area (Å²) in [6.45, 7) is 2.32. The molecule has 0 spiro atoms. The lowest BCUT2D eigenvalue weighted by Crippen LogP contribution is -2.50. The number of aryl methyl sites for hydroxylation is 1. The van der Waals surface area contributed by atoms with Crippen LogP contribution in [0.15, 0.2) is 53.0 Å². The Morgan fingerprint density at radius 1 is 1.17 bits per heavy atom. The molecule has 0 heterocycles. The first-order valence-corrected chi connectivity index (χ1v) is 8.75. The van der Waals surface area contributed by atoms with E-state index in [9.17, 15) is 4.79 Å². The van der Waals surface area contributed by atoms with Gasteiger partial charge >= 0.3 is 0 Å². The third kappa shape index (κ3) is 3.65. The van der Waals surface area contributed by atoms with Gasteiger partial charge in [0.1, 0.15) is 0 Å². The van der Waals surface area contributed by atoms with Crippen LogP contribution in [0.1, 0.15) is 30.4 Å². The molecule has 0 saturated heterocycles. The summed E-state index contributed by atoms with van der Waals surface area (Å²) in [4.78, 5) is 12.3. The Kier molecular flexibility index (Phi) is 4.83. The summed E-state index contributed by atoms with van der Waals surface area (Å²) >= 11 is 3.44. The van der Waals surface area contributed by atoms with Gasteiger partial charge in [0, 0.05) is 15.7 Å². The largest absolute Gasteiger partial charge is 0.325 e. The van der Waals surface area contributed by atoms with Gasteiger partial charge in [0.25, 0.3) is 0 Å². The summed E-state index contributed by atoms with van der Waals surface area (Å²) in [5, 5.41) is 6.47. The summed E-state index contributed by atoms with van der Waals surface area (Å²) < 4.78 is 1.02. The van der Waals surface area contributed by atoms with Crippen molar-refractivity contribution in [2.75, 3.05) is 11.9 Å². The number of rotatable bonds is 5. The smallest absolute Gasteiger partial charge is 0.238 e. The van der Waals surface area contributed by atoms with E-state index in [0.717, 1.165) is 28.6 Å². The molecular formula is C19H21BrN2O. The van der Waals surface area contributed by atoms with Crippen molar-refractivity contribution >= 4 is 27.5 Å². The number of amides is 1. The molecule has 0 atom stereocenters. The van der Waals surface area contributed by atoms with Crippen LogP contribution in [0.4, 0.5) is 5.69 Å². The second kappa shape index (κ2) is 6.85. The first-order chi connectivity index (χ1) is 11.1. The first-order valence-electron chi connectivity index (χ1n) is 7.96. The van der Waals surface area contributed by atoms with Crippen molar-refractivity contribution in [3.05, 3.63) is 64.1 Å². The molecule has 0 aliphatic heterocycles. The molecule has 1 amide bonds. The van der Waals surface area contributed by atoms with E-state index in [2.05, 4.69) is 50.8 Å². The number of carbonyl (C=O) groups excluding carboxylic acids is 1. The van der Waals surface area contributed by atoms with E-state index in [4.69, 9.17) is 0 Å². The number of anilines is 1. The highest BCUT2D eigenvalue weighted by Crippen LogP contribution is 2.40. The summed E-state index contributed by atoms with van der Waals surface area (Å²) in [6.07, 6.45) is 3.37. The fourth-order valence-electron chi connectivity index (χ4n) is 3.07. The van der Waals surface area contributed by atoms with Crippen molar-refractivity contribution < 1.29 is 4.79 Å². The van der Waals surface area contributed by atoms with Crippen LogP contribution in [0.3, 0.4) is 0 Å². The highest BCUT2D eigenvalue weighted by atomic mass is 79.9. The molecule has 3 rings (SSSR count). The Morgan fingerprint density at radius 3 is 2.52 bits per heavy atom. The van der Waals surface area contributed by atoms with Gasteiger partial charge in [-0.3, -0.25) is 10.1 Å². The molecule has 1 saturated carbocycles. The maximum atomic E-state index is 12.3. The van der Waals surface area contributed by atoms with E-state index in [-0.39, 0.29) is 11.4 Å². The topological polar surface area (TPSA) is 41.1 Å². The molecule has 1 aliphatic rings. The third-order valence-electron chi connectivity index (χ3n) is 4.58. The molecular weight excluding hydrogens is 352 g/mol. The lowest BCUT2D eigenvalue weighted by molar-refractivity contribution is -0.116. The third-order valence-corrected chi connectivity index (χ3v) is 5.08. The molecule has 2 N–H and O–H groups in total. The monoisotopic (exact) mass is 372 g/mol. The Bertz CT molecular complexity index is 696. The van der Waals surface area contributed by atoms with Crippen molar-refractivity contribution in [2.24, 2.45) is 0 Å². The number of hydrogen-bond donors (Lipinski definition) is 2. The predicted octanol–water partition coefficient (Wildman–Crippen LogP) is 4.37. The van der Waals surface area contributed by atoms with Gasteiger partial charge in [0.15, 0.2) is 0 Å². The molecule has 1 aliphatic carbocycles. The quantitative estimate of drug-likeness (QED) is 0.818. The normalized spacial score (nSPS) is 15.7. The molecule has 0 aromatic heterocycles. The van der Waals surface area contributed by atoms with Gasteiger partial charge in [0.05, 0.1) is 6.54 Å². The van der Waals surface area contributed by atoms with Crippen LogP contribution in [0.25, 0.3) is 0 Å². The van der Waals surface area contributed by atoms with Gasteiger partial charge < -0.3 is 5.32 Å². The van der Waals surface area contributed by atoms with Crippen molar-refractivity contribution in [3.8, 4) is 0 Å². The van der Waals surface area contributed by atoms with E-state index in [0.29, 0.717) is 6.54 Å². The molecule has 0 unspecified atom stereocenters. The Morgan fingerprint density at radius 2 is 1.91 bits per heavy atom. The zero-order valence-electron chi connectivity index (χ0n) is 13.2. The van der Waals surface area contributed by atoms with Gasteiger partial charge in [-0.1, -0.05) is 46.3 Å². The first kappa shape index (κ1) is 16.2. The second-order valence-electron chi connectivity index (χ2n) is 6.16. The second-order valence-corrected chi connectivity index (χ2v) is 7.08. The average molecular weight is 373 g/mol. The number of carbonyl (C=O) groups is 1. The van der Waals surface area contributed by atoms with Crippen LogP contribution in [-0.4, -0.2) is 12.5 Å². The van der Waals surface area contributed by atoms with Crippen LogP contribution >= 0.6 is 15.9 Å². The summed E-state index contributed by atoms with van der Waals surface area (Å²) in [5.41, 5.74) is 3.16. The zero-order valence-corrected chi connectivity index (χ0v) is 14.8. The number of nitrogens with one attached hydrogen (secondary N) is 2. The SMILES string of the molecule is Cc1cc(Br)ccc1NC(=O)CNC1(c2ccccc2)CCC1. The van der Waals surface area contributed by atoms with Gasteiger partial charge in [-0.25, -0.2) is 0 Å². The highest BCUT2D eigenvalue weighted by Gasteiger charge is 2.38. The molecule has 120 valence electrons. The number of benzene rings is 2. The van der Waals surface area contributed by atoms with E-state index >= 15 is 0 Å². The van der Waals surface area contributed by atoms with Gasteiger partial charge in [-0.15, -0.1) is 0 Å². The fourth-order valence-corrected chi connectivity index (χ4v) is 3.54. The van der Waals surface area contributed by atoms with Crippen molar-refractivity contribution in [1.82, 2.24) is 5.32 Å².